The molecule has 0 saturated carbocycles. The fraction of sp³-hybridized carbons (Fsp3) is 0.818. The van der Waals surface area contributed by atoms with E-state index in [2.05, 4.69) is 4.72 Å². The molecule has 0 radical (unpaired) electrons. The van der Waals surface area contributed by atoms with E-state index in [4.69, 9.17) is 5.11 Å². The predicted octanol–water partition coefficient (Wildman–Crippen LogP) is 0.0275. The first-order valence-corrected chi connectivity index (χ1v) is 7.89. The second-order valence-corrected chi connectivity index (χ2v) is 6.04. The SMILES string of the molecule is CCN(CC)C(=O)C(C)NS(=O)(=O)CCCC(=O)O. The topological polar surface area (TPSA) is 104 Å². The summed E-state index contributed by atoms with van der Waals surface area (Å²) in [6.07, 6.45) is -0.184. The Morgan fingerprint density at radius 1 is 1.26 bits per heavy atom. The standard InChI is InChI=1S/C11H22N2O5S/c1-4-13(5-2)11(16)9(3)12-19(17,18)8-6-7-10(14)15/h9,12H,4-8H2,1-3H3,(H,14,15). The fourth-order valence-corrected chi connectivity index (χ4v) is 2.88. The molecule has 0 fully saturated rings. The van der Waals surface area contributed by atoms with Crippen molar-refractivity contribution in [3.05, 3.63) is 0 Å². The van der Waals surface area contributed by atoms with E-state index in [1.807, 2.05) is 13.8 Å². The number of likely N-dealkylation sites (N-methyl/N-ethyl adjacent to an activating group) is 1. The van der Waals surface area contributed by atoms with Crippen molar-refractivity contribution in [2.24, 2.45) is 0 Å². The van der Waals surface area contributed by atoms with Gasteiger partial charge in [-0.25, -0.2) is 13.1 Å². The monoisotopic (exact) mass is 294 g/mol. The van der Waals surface area contributed by atoms with Crippen LogP contribution in [0.15, 0.2) is 0 Å². The van der Waals surface area contributed by atoms with E-state index >= 15 is 0 Å². The molecular formula is C11H22N2O5S. The number of nitrogens with zero attached hydrogens (tertiary/aromatic N) is 1. The number of rotatable bonds is 9. The highest BCUT2D eigenvalue weighted by molar-refractivity contribution is 7.89. The van der Waals surface area contributed by atoms with Crippen LogP contribution in [0.3, 0.4) is 0 Å². The number of amides is 1. The van der Waals surface area contributed by atoms with E-state index in [0.717, 1.165) is 0 Å². The summed E-state index contributed by atoms with van der Waals surface area (Å²) in [6.45, 7) is 6.14. The van der Waals surface area contributed by atoms with Gasteiger partial charge in [0.15, 0.2) is 0 Å². The Kier molecular flexibility index (Phi) is 7.62. The average molecular weight is 294 g/mol. The molecule has 0 rings (SSSR count). The van der Waals surface area contributed by atoms with Gasteiger partial charge in [0, 0.05) is 19.5 Å². The lowest BCUT2D eigenvalue weighted by molar-refractivity contribution is -0.137. The molecule has 7 nitrogen and oxygen atoms in total. The number of carbonyl (C=O) groups excluding carboxylic acids is 1. The molecule has 0 spiro atoms. The number of carboxylic acid groups (broad SMARTS) is 1. The highest BCUT2D eigenvalue weighted by atomic mass is 32.2. The van der Waals surface area contributed by atoms with Gasteiger partial charge in [0.25, 0.3) is 0 Å². The van der Waals surface area contributed by atoms with Crippen molar-refractivity contribution in [2.45, 2.75) is 39.7 Å². The molecule has 19 heavy (non-hydrogen) atoms. The molecule has 1 amide bonds. The molecule has 0 aromatic rings. The summed E-state index contributed by atoms with van der Waals surface area (Å²) >= 11 is 0. The largest absolute Gasteiger partial charge is 0.481 e. The summed E-state index contributed by atoms with van der Waals surface area (Å²) in [7, 11) is -3.63. The lowest BCUT2D eigenvalue weighted by Gasteiger charge is -2.23. The van der Waals surface area contributed by atoms with Crippen LogP contribution in [0.25, 0.3) is 0 Å². The van der Waals surface area contributed by atoms with Crippen molar-refractivity contribution in [1.82, 2.24) is 9.62 Å². The number of hydrogen-bond acceptors (Lipinski definition) is 4. The molecule has 0 heterocycles. The Labute approximate surface area is 114 Å². The quantitative estimate of drug-likeness (QED) is 0.624. The first-order chi connectivity index (χ1) is 8.73. The van der Waals surface area contributed by atoms with E-state index in [9.17, 15) is 18.0 Å². The summed E-state index contributed by atoms with van der Waals surface area (Å²) < 4.78 is 25.6. The first-order valence-electron chi connectivity index (χ1n) is 6.24. The maximum atomic E-state index is 11.9. The van der Waals surface area contributed by atoms with Crippen molar-refractivity contribution in [3.63, 3.8) is 0 Å². The minimum atomic E-state index is -3.63. The van der Waals surface area contributed by atoms with Crippen LogP contribution in [-0.2, 0) is 19.6 Å². The molecule has 0 aromatic heterocycles. The zero-order valence-electron chi connectivity index (χ0n) is 11.5. The van der Waals surface area contributed by atoms with E-state index < -0.39 is 22.0 Å². The van der Waals surface area contributed by atoms with Crippen molar-refractivity contribution < 1.29 is 23.1 Å². The van der Waals surface area contributed by atoms with Crippen molar-refractivity contribution in [2.75, 3.05) is 18.8 Å². The van der Waals surface area contributed by atoms with Gasteiger partial charge in [0.05, 0.1) is 11.8 Å². The second-order valence-electron chi connectivity index (χ2n) is 4.17. The van der Waals surface area contributed by atoms with E-state index in [0.29, 0.717) is 13.1 Å². The molecular weight excluding hydrogens is 272 g/mol. The molecule has 0 aliphatic heterocycles. The molecule has 1 unspecified atom stereocenters. The van der Waals surface area contributed by atoms with E-state index in [1.165, 1.54) is 11.8 Å². The summed E-state index contributed by atoms with van der Waals surface area (Å²) in [5.41, 5.74) is 0. The van der Waals surface area contributed by atoms with Gasteiger partial charge in [-0.15, -0.1) is 0 Å². The molecule has 1 atom stereocenters. The molecule has 0 aliphatic rings. The smallest absolute Gasteiger partial charge is 0.303 e. The van der Waals surface area contributed by atoms with Crippen LogP contribution >= 0.6 is 0 Å². The van der Waals surface area contributed by atoms with Gasteiger partial charge >= 0.3 is 5.97 Å². The lowest BCUT2D eigenvalue weighted by atomic mass is 10.3. The third-order valence-electron chi connectivity index (χ3n) is 2.61. The van der Waals surface area contributed by atoms with Gasteiger partial charge in [-0.05, 0) is 27.2 Å². The first kappa shape index (κ1) is 17.8. The number of nitrogens with one attached hydrogen (secondary N) is 1. The van der Waals surface area contributed by atoms with Crippen LogP contribution < -0.4 is 4.72 Å². The van der Waals surface area contributed by atoms with Gasteiger partial charge in [0.2, 0.25) is 15.9 Å². The minimum absolute atomic E-state index is 0.0246. The number of sulfonamides is 1. The Morgan fingerprint density at radius 3 is 2.21 bits per heavy atom. The third-order valence-corrected chi connectivity index (χ3v) is 4.14. The van der Waals surface area contributed by atoms with Crippen molar-refractivity contribution in [3.8, 4) is 0 Å². The highest BCUT2D eigenvalue weighted by Crippen LogP contribution is 2.00. The Hall–Kier alpha value is -1.15. The summed E-state index contributed by atoms with van der Waals surface area (Å²) in [5.74, 6) is -1.62. The zero-order chi connectivity index (χ0) is 15.1. The van der Waals surface area contributed by atoms with Gasteiger partial charge in [-0.3, -0.25) is 9.59 Å². The molecule has 0 saturated heterocycles. The van der Waals surface area contributed by atoms with E-state index in [-0.39, 0.29) is 24.5 Å². The van der Waals surface area contributed by atoms with Gasteiger partial charge < -0.3 is 10.0 Å². The lowest BCUT2D eigenvalue weighted by Crippen LogP contribution is -2.47. The zero-order valence-corrected chi connectivity index (χ0v) is 12.4. The fourth-order valence-electron chi connectivity index (χ4n) is 1.60. The Bertz CT molecular complexity index is 403. The molecule has 2 N–H and O–H groups in total. The van der Waals surface area contributed by atoms with Crippen LogP contribution in [0.2, 0.25) is 0 Å². The number of aliphatic carboxylic acids is 1. The molecule has 0 aliphatic carbocycles. The van der Waals surface area contributed by atoms with E-state index in [1.54, 1.807) is 0 Å². The maximum Gasteiger partial charge on any atom is 0.303 e. The van der Waals surface area contributed by atoms with Crippen LogP contribution in [0.4, 0.5) is 0 Å². The van der Waals surface area contributed by atoms with Crippen LogP contribution in [-0.4, -0.2) is 55.2 Å². The highest BCUT2D eigenvalue weighted by Gasteiger charge is 2.23. The minimum Gasteiger partial charge on any atom is -0.481 e. The molecule has 0 aromatic carbocycles. The third kappa shape index (κ3) is 7.12. The van der Waals surface area contributed by atoms with Gasteiger partial charge in [-0.2, -0.15) is 0 Å². The second kappa shape index (κ2) is 8.11. The van der Waals surface area contributed by atoms with Gasteiger partial charge in [-0.1, -0.05) is 0 Å². The molecule has 112 valence electrons. The Morgan fingerprint density at radius 2 is 1.79 bits per heavy atom. The Balaban J connectivity index is 4.40. The van der Waals surface area contributed by atoms with Crippen LogP contribution in [0.1, 0.15) is 33.6 Å². The number of hydrogen-bond donors (Lipinski definition) is 2. The van der Waals surface area contributed by atoms with Crippen molar-refractivity contribution in [1.29, 1.82) is 0 Å². The van der Waals surface area contributed by atoms with Crippen LogP contribution in [0, 0.1) is 0 Å². The number of carbonyl (C=O) groups is 2. The summed E-state index contributed by atoms with van der Waals surface area (Å²) in [5, 5.41) is 8.44. The maximum absolute atomic E-state index is 11.9. The average Bonchev–Trinajstić information content (AvgIpc) is 2.28. The summed E-state index contributed by atoms with van der Waals surface area (Å²) in [6, 6.07) is -0.838. The number of carboxylic acids is 1. The van der Waals surface area contributed by atoms with Gasteiger partial charge in [0.1, 0.15) is 0 Å². The normalized spacial score (nSPS) is 13.0. The van der Waals surface area contributed by atoms with Crippen LogP contribution in [0.5, 0.6) is 0 Å². The summed E-state index contributed by atoms with van der Waals surface area (Å²) in [4.78, 5) is 23.7. The predicted molar refractivity (Wildman–Crippen MR) is 71.2 cm³/mol. The molecule has 0 bridgehead atoms. The van der Waals surface area contributed by atoms with Crippen molar-refractivity contribution >= 4 is 21.9 Å². The molecule has 8 heteroatoms.